The van der Waals surface area contributed by atoms with Crippen LogP contribution < -0.4 is 5.32 Å². The molecule has 3 atom stereocenters. The van der Waals surface area contributed by atoms with Crippen molar-refractivity contribution in [3.63, 3.8) is 0 Å². The number of carbonyl (C=O) groups excluding carboxylic acids is 2. The van der Waals surface area contributed by atoms with Crippen molar-refractivity contribution in [1.82, 2.24) is 5.32 Å². The van der Waals surface area contributed by atoms with Crippen molar-refractivity contribution < 1.29 is 14.3 Å². The van der Waals surface area contributed by atoms with E-state index in [9.17, 15) is 14.9 Å². The predicted octanol–water partition coefficient (Wildman–Crippen LogP) is 0.843. The van der Waals surface area contributed by atoms with E-state index in [0.29, 0.717) is 11.1 Å². The number of nitriles is 2. The molecule has 106 valence electrons. The van der Waals surface area contributed by atoms with Gasteiger partial charge >= 0.3 is 5.97 Å². The summed E-state index contributed by atoms with van der Waals surface area (Å²) in [5.74, 6) is -2.61. The first-order chi connectivity index (χ1) is 10.1. The molecule has 1 aliphatic rings. The minimum absolute atomic E-state index is 0.197. The fraction of sp³-hybridized carbons (Fsp3) is 0.333. The van der Waals surface area contributed by atoms with Crippen LogP contribution >= 0.6 is 0 Å². The molecule has 6 nitrogen and oxygen atoms in total. The molecule has 0 spiro atoms. The number of hydrogen-bond donors (Lipinski definition) is 1. The molecule has 1 fully saturated rings. The highest BCUT2D eigenvalue weighted by molar-refractivity contribution is 5.93. The maximum Gasteiger partial charge on any atom is 0.329 e. The lowest BCUT2D eigenvalue weighted by Crippen LogP contribution is -2.37. The number of esters is 1. The van der Waals surface area contributed by atoms with E-state index < -0.39 is 29.8 Å². The number of amides is 1. The highest BCUT2D eigenvalue weighted by Gasteiger charge is 2.47. The fourth-order valence-corrected chi connectivity index (χ4v) is 2.43. The van der Waals surface area contributed by atoms with Crippen molar-refractivity contribution in [3.05, 3.63) is 35.4 Å². The van der Waals surface area contributed by atoms with Crippen LogP contribution in [0.2, 0.25) is 0 Å². The molecule has 0 saturated carbocycles. The molecule has 1 amide bonds. The van der Waals surface area contributed by atoms with Crippen molar-refractivity contribution >= 4 is 11.9 Å². The number of hydrogen-bond acceptors (Lipinski definition) is 5. The Balaban J connectivity index is 2.38. The molecule has 1 aliphatic heterocycles. The minimum atomic E-state index is -0.952. The number of carbonyl (C=O) groups is 2. The lowest BCUT2D eigenvalue weighted by Gasteiger charge is -2.19. The van der Waals surface area contributed by atoms with Crippen LogP contribution in [0.15, 0.2) is 24.3 Å². The van der Waals surface area contributed by atoms with E-state index in [1.54, 1.807) is 31.2 Å². The topological polar surface area (TPSA) is 103 Å². The average Bonchev–Trinajstić information content (AvgIpc) is 2.84. The van der Waals surface area contributed by atoms with Crippen molar-refractivity contribution in [2.24, 2.45) is 5.92 Å². The zero-order chi connectivity index (χ0) is 15.4. The van der Waals surface area contributed by atoms with Crippen molar-refractivity contribution in [3.8, 4) is 12.1 Å². The molecule has 1 aromatic rings. The second kappa shape index (κ2) is 6.06. The normalized spacial score (nSPS) is 23.8. The SMILES string of the molecule is CCOC(=O)[C@@H]1NC(=O)[C@@H](C#N)[C@H]1c1ccc(C#N)cc1. The second-order valence-electron chi connectivity index (χ2n) is 4.60. The first kappa shape index (κ1) is 14.5. The van der Waals surface area contributed by atoms with Gasteiger partial charge in [-0.2, -0.15) is 10.5 Å². The minimum Gasteiger partial charge on any atom is -0.464 e. The van der Waals surface area contributed by atoms with Gasteiger partial charge in [0, 0.05) is 5.92 Å². The van der Waals surface area contributed by atoms with E-state index in [-0.39, 0.29) is 6.61 Å². The maximum absolute atomic E-state index is 12.0. The molecule has 1 heterocycles. The Bertz CT molecular complexity index is 640. The molecule has 21 heavy (non-hydrogen) atoms. The molecule has 1 aromatic carbocycles. The van der Waals surface area contributed by atoms with Gasteiger partial charge in [0.2, 0.25) is 5.91 Å². The monoisotopic (exact) mass is 283 g/mol. The van der Waals surface area contributed by atoms with Gasteiger partial charge in [-0.05, 0) is 24.6 Å². The first-order valence-electron chi connectivity index (χ1n) is 6.49. The van der Waals surface area contributed by atoms with Gasteiger partial charge in [0.1, 0.15) is 12.0 Å². The predicted molar refractivity (Wildman–Crippen MR) is 71.6 cm³/mol. The average molecular weight is 283 g/mol. The van der Waals surface area contributed by atoms with Crippen molar-refractivity contribution in [2.45, 2.75) is 18.9 Å². The van der Waals surface area contributed by atoms with E-state index in [2.05, 4.69) is 5.32 Å². The number of benzene rings is 1. The van der Waals surface area contributed by atoms with E-state index in [0.717, 1.165) is 0 Å². The molecule has 0 radical (unpaired) electrons. The summed E-state index contributed by atoms with van der Waals surface area (Å²) in [5, 5.41) is 20.5. The molecule has 6 heteroatoms. The first-order valence-corrected chi connectivity index (χ1v) is 6.49. The van der Waals surface area contributed by atoms with E-state index in [4.69, 9.17) is 10.00 Å². The summed E-state index contributed by atoms with van der Waals surface area (Å²) in [5.41, 5.74) is 1.12. The van der Waals surface area contributed by atoms with Crippen LogP contribution in [0.1, 0.15) is 24.0 Å². The largest absolute Gasteiger partial charge is 0.464 e. The summed E-state index contributed by atoms with van der Waals surface area (Å²) in [4.78, 5) is 23.8. The summed E-state index contributed by atoms with van der Waals surface area (Å²) in [6.07, 6.45) is 0. The quantitative estimate of drug-likeness (QED) is 0.828. The molecular weight excluding hydrogens is 270 g/mol. The second-order valence-corrected chi connectivity index (χ2v) is 4.60. The summed E-state index contributed by atoms with van der Waals surface area (Å²) in [6.45, 7) is 1.87. The standard InChI is InChI=1S/C15H13N3O3/c1-2-21-15(20)13-12(11(8-17)14(19)18-13)10-5-3-9(7-16)4-6-10/h3-6,11-13H,2H2,1H3,(H,18,19)/t11-,12+,13+/m0/s1. The number of ether oxygens (including phenoxy) is 1. The molecular formula is C15H13N3O3. The summed E-state index contributed by atoms with van der Waals surface area (Å²) in [6, 6.07) is 9.54. The van der Waals surface area contributed by atoms with Crippen molar-refractivity contribution in [1.29, 1.82) is 10.5 Å². The van der Waals surface area contributed by atoms with Crippen LogP contribution in [0, 0.1) is 28.6 Å². The molecule has 2 rings (SSSR count). The molecule has 0 bridgehead atoms. The molecule has 1 saturated heterocycles. The van der Waals surface area contributed by atoms with E-state index >= 15 is 0 Å². The van der Waals surface area contributed by atoms with Crippen molar-refractivity contribution in [2.75, 3.05) is 6.61 Å². The van der Waals surface area contributed by atoms with Gasteiger partial charge < -0.3 is 10.1 Å². The van der Waals surface area contributed by atoms with Gasteiger partial charge in [-0.1, -0.05) is 12.1 Å². The van der Waals surface area contributed by atoms with Gasteiger partial charge in [0.05, 0.1) is 24.3 Å². The lowest BCUT2D eigenvalue weighted by molar-refractivity contribution is -0.146. The zero-order valence-electron chi connectivity index (χ0n) is 11.4. The lowest BCUT2D eigenvalue weighted by atomic mass is 9.84. The van der Waals surface area contributed by atoms with Crippen LogP contribution in [0.25, 0.3) is 0 Å². The highest BCUT2D eigenvalue weighted by Crippen LogP contribution is 2.34. The summed E-state index contributed by atoms with van der Waals surface area (Å²) < 4.78 is 4.95. The van der Waals surface area contributed by atoms with Crippen LogP contribution in [-0.4, -0.2) is 24.5 Å². The van der Waals surface area contributed by atoms with Gasteiger partial charge in [0.15, 0.2) is 0 Å². The summed E-state index contributed by atoms with van der Waals surface area (Å²) >= 11 is 0. The Morgan fingerprint density at radius 3 is 2.52 bits per heavy atom. The Morgan fingerprint density at radius 2 is 2.00 bits per heavy atom. The Kier molecular flexibility index (Phi) is 4.20. The maximum atomic E-state index is 12.0. The Labute approximate surface area is 121 Å². The Hall–Kier alpha value is -2.86. The van der Waals surface area contributed by atoms with Gasteiger partial charge in [0.25, 0.3) is 0 Å². The van der Waals surface area contributed by atoms with Crippen LogP contribution in [-0.2, 0) is 14.3 Å². The number of nitrogens with zero attached hydrogens (tertiary/aromatic N) is 2. The molecule has 0 aliphatic carbocycles. The van der Waals surface area contributed by atoms with Crippen LogP contribution in [0.4, 0.5) is 0 Å². The fourth-order valence-electron chi connectivity index (χ4n) is 2.43. The van der Waals surface area contributed by atoms with E-state index in [1.165, 1.54) is 0 Å². The number of rotatable bonds is 3. The van der Waals surface area contributed by atoms with E-state index in [1.807, 2.05) is 12.1 Å². The molecule has 0 unspecified atom stereocenters. The third kappa shape index (κ3) is 2.70. The van der Waals surface area contributed by atoms with Crippen LogP contribution in [0.3, 0.4) is 0 Å². The Morgan fingerprint density at radius 1 is 1.33 bits per heavy atom. The van der Waals surface area contributed by atoms with Gasteiger partial charge in [-0.3, -0.25) is 4.79 Å². The molecule has 0 aromatic heterocycles. The number of nitrogens with one attached hydrogen (secondary N) is 1. The van der Waals surface area contributed by atoms with Gasteiger partial charge in [-0.25, -0.2) is 4.79 Å². The summed E-state index contributed by atoms with van der Waals surface area (Å²) in [7, 11) is 0. The van der Waals surface area contributed by atoms with Crippen LogP contribution in [0.5, 0.6) is 0 Å². The third-order valence-corrected chi connectivity index (χ3v) is 3.40. The third-order valence-electron chi connectivity index (χ3n) is 3.40. The van der Waals surface area contributed by atoms with Gasteiger partial charge in [-0.15, -0.1) is 0 Å². The zero-order valence-corrected chi connectivity index (χ0v) is 11.4. The molecule has 1 N–H and O–H groups in total. The highest BCUT2D eigenvalue weighted by atomic mass is 16.5. The smallest absolute Gasteiger partial charge is 0.329 e.